The smallest absolute Gasteiger partial charge is 0.259 e. The minimum absolute atomic E-state index is 0.145. The molecule has 0 aliphatic heterocycles. The first-order valence-electron chi connectivity index (χ1n) is 7.77. The number of ether oxygens (including phenoxy) is 1. The monoisotopic (exact) mass is 323 g/mol. The summed E-state index contributed by atoms with van der Waals surface area (Å²) < 4.78 is 5.09. The summed E-state index contributed by atoms with van der Waals surface area (Å²) in [5.74, 6) is -0.166. The number of anilines is 1. The summed E-state index contributed by atoms with van der Waals surface area (Å²) in [6, 6.07) is 16.3. The molecule has 2 aromatic carbocycles. The standard InChI is InChI=1S/C20H21NO3/c1-14(2)19(22)18(13-15-7-5-4-6-8-15)20(23)21-16-9-11-17(24-3)12-10-16/h4-14H,1-3H3,(H,21,23)/b18-13+. The van der Waals surface area contributed by atoms with Crippen LogP contribution >= 0.6 is 0 Å². The second-order valence-electron chi connectivity index (χ2n) is 5.67. The van der Waals surface area contributed by atoms with Crippen molar-refractivity contribution in [2.75, 3.05) is 12.4 Å². The molecule has 0 spiro atoms. The molecule has 0 fully saturated rings. The third-order valence-electron chi connectivity index (χ3n) is 3.49. The van der Waals surface area contributed by atoms with Crippen molar-refractivity contribution in [1.29, 1.82) is 0 Å². The van der Waals surface area contributed by atoms with Crippen LogP contribution in [-0.4, -0.2) is 18.8 Å². The molecule has 1 N–H and O–H groups in total. The number of carbonyl (C=O) groups is 2. The normalized spacial score (nSPS) is 11.2. The van der Waals surface area contributed by atoms with Gasteiger partial charge < -0.3 is 10.1 Å². The lowest BCUT2D eigenvalue weighted by Gasteiger charge is -2.11. The van der Waals surface area contributed by atoms with E-state index < -0.39 is 5.91 Å². The highest BCUT2D eigenvalue weighted by Gasteiger charge is 2.21. The highest BCUT2D eigenvalue weighted by molar-refractivity contribution is 6.26. The van der Waals surface area contributed by atoms with Gasteiger partial charge in [0.05, 0.1) is 12.7 Å². The zero-order valence-electron chi connectivity index (χ0n) is 14.1. The molecule has 0 aliphatic rings. The first-order chi connectivity index (χ1) is 11.5. The van der Waals surface area contributed by atoms with Gasteiger partial charge in [0.25, 0.3) is 5.91 Å². The third-order valence-corrected chi connectivity index (χ3v) is 3.49. The fourth-order valence-corrected chi connectivity index (χ4v) is 2.15. The van der Waals surface area contributed by atoms with Gasteiger partial charge in [-0.25, -0.2) is 0 Å². The van der Waals surface area contributed by atoms with Gasteiger partial charge in [0.15, 0.2) is 5.78 Å². The van der Waals surface area contributed by atoms with Crippen LogP contribution in [0.5, 0.6) is 5.75 Å². The minimum Gasteiger partial charge on any atom is -0.497 e. The van der Waals surface area contributed by atoms with Gasteiger partial charge >= 0.3 is 0 Å². The quantitative estimate of drug-likeness (QED) is 0.497. The molecule has 0 aromatic heterocycles. The maximum atomic E-state index is 12.6. The van der Waals surface area contributed by atoms with Crippen LogP contribution in [-0.2, 0) is 9.59 Å². The molecule has 0 heterocycles. The number of nitrogens with one attached hydrogen (secondary N) is 1. The van der Waals surface area contributed by atoms with Crippen molar-refractivity contribution in [3.8, 4) is 5.75 Å². The molecular weight excluding hydrogens is 302 g/mol. The molecule has 0 unspecified atom stereocenters. The van der Waals surface area contributed by atoms with E-state index in [1.54, 1.807) is 51.3 Å². The molecule has 0 aliphatic carbocycles. The topological polar surface area (TPSA) is 55.4 Å². The predicted molar refractivity (Wildman–Crippen MR) is 95.9 cm³/mol. The van der Waals surface area contributed by atoms with Crippen LogP contribution in [0.15, 0.2) is 60.2 Å². The van der Waals surface area contributed by atoms with Crippen LogP contribution in [0.25, 0.3) is 6.08 Å². The van der Waals surface area contributed by atoms with Crippen molar-refractivity contribution in [1.82, 2.24) is 0 Å². The number of hydrogen-bond donors (Lipinski definition) is 1. The first-order valence-corrected chi connectivity index (χ1v) is 7.77. The summed E-state index contributed by atoms with van der Waals surface area (Å²) in [6.07, 6.45) is 1.63. The fraction of sp³-hybridized carbons (Fsp3) is 0.200. The van der Waals surface area contributed by atoms with Crippen molar-refractivity contribution in [2.45, 2.75) is 13.8 Å². The Morgan fingerprint density at radius 2 is 1.62 bits per heavy atom. The molecule has 0 atom stereocenters. The van der Waals surface area contributed by atoms with Gasteiger partial charge in [0, 0.05) is 11.6 Å². The Labute approximate surface area is 142 Å². The summed E-state index contributed by atoms with van der Waals surface area (Å²) in [4.78, 5) is 25.0. The highest BCUT2D eigenvalue weighted by Crippen LogP contribution is 2.18. The van der Waals surface area contributed by atoms with Crippen molar-refractivity contribution in [3.05, 3.63) is 65.7 Å². The molecular formula is C20H21NO3. The summed E-state index contributed by atoms with van der Waals surface area (Å²) in [5, 5.41) is 2.77. The molecule has 2 rings (SSSR count). The van der Waals surface area contributed by atoms with Crippen LogP contribution < -0.4 is 10.1 Å². The highest BCUT2D eigenvalue weighted by atomic mass is 16.5. The largest absolute Gasteiger partial charge is 0.497 e. The van der Waals surface area contributed by atoms with Gasteiger partial charge in [-0.05, 0) is 35.9 Å². The number of rotatable bonds is 6. The second kappa shape index (κ2) is 8.11. The number of benzene rings is 2. The Balaban J connectivity index is 2.27. The van der Waals surface area contributed by atoms with Gasteiger partial charge in [-0.2, -0.15) is 0 Å². The second-order valence-corrected chi connectivity index (χ2v) is 5.67. The van der Waals surface area contributed by atoms with Crippen LogP contribution in [0.2, 0.25) is 0 Å². The lowest BCUT2D eigenvalue weighted by molar-refractivity contribution is -0.121. The number of hydrogen-bond acceptors (Lipinski definition) is 3. The lowest BCUT2D eigenvalue weighted by atomic mass is 9.98. The van der Waals surface area contributed by atoms with Crippen molar-refractivity contribution in [3.63, 3.8) is 0 Å². The average molecular weight is 323 g/mol. The van der Waals surface area contributed by atoms with E-state index in [0.717, 1.165) is 5.56 Å². The molecule has 1 amide bonds. The average Bonchev–Trinajstić information content (AvgIpc) is 2.60. The van der Waals surface area contributed by atoms with Gasteiger partial charge in [0.1, 0.15) is 5.75 Å². The summed E-state index contributed by atoms with van der Waals surface area (Å²) >= 11 is 0. The Bertz CT molecular complexity index is 731. The van der Waals surface area contributed by atoms with E-state index in [4.69, 9.17) is 4.74 Å². The van der Waals surface area contributed by atoms with E-state index in [0.29, 0.717) is 11.4 Å². The number of methoxy groups -OCH3 is 1. The maximum absolute atomic E-state index is 12.6. The molecule has 0 radical (unpaired) electrons. The Morgan fingerprint density at radius 1 is 1.00 bits per heavy atom. The van der Waals surface area contributed by atoms with Crippen LogP contribution in [0.1, 0.15) is 19.4 Å². The van der Waals surface area contributed by atoms with Crippen LogP contribution in [0.4, 0.5) is 5.69 Å². The van der Waals surface area contributed by atoms with Crippen LogP contribution in [0, 0.1) is 5.92 Å². The Morgan fingerprint density at radius 3 is 2.17 bits per heavy atom. The van der Waals surface area contributed by atoms with Crippen LogP contribution in [0.3, 0.4) is 0 Å². The maximum Gasteiger partial charge on any atom is 0.259 e. The SMILES string of the molecule is COc1ccc(NC(=O)/C(=C/c2ccccc2)C(=O)C(C)C)cc1. The molecule has 2 aromatic rings. The zero-order valence-corrected chi connectivity index (χ0v) is 14.1. The van der Waals surface area contributed by atoms with E-state index in [-0.39, 0.29) is 17.3 Å². The Kier molecular flexibility index (Phi) is 5.90. The minimum atomic E-state index is -0.414. The van der Waals surface area contributed by atoms with Gasteiger partial charge in [0.2, 0.25) is 0 Å². The van der Waals surface area contributed by atoms with Gasteiger partial charge in [-0.1, -0.05) is 44.2 Å². The molecule has 124 valence electrons. The predicted octanol–water partition coefficient (Wildman–Crippen LogP) is 3.94. The molecule has 4 nitrogen and oxygen atoms in total. The first kappa shape index (κ1) is 17.5. The van der Waals surface area contributed by atoms with Crippen molar-refractivity contribution < 1.29 is 14.3 Å². The van der Waals surface area contributed by atoms with Crippen molar-refractivity contribution in [2.24, 2.45) is 5.92 Å². The molecule has 4 heteroatoms. The molecule has 0 saturated carbocycles. The fourth-order valence-electron chi connectivity index (χ4n) is 2.15. The molecule has 0 saturated heterocycles. The summed E-state index contributed by atoms with van der Waals surface area (Å²) in [5.41, 5.74) is 1.56. The number of Topliss-reactive ketones (excluding diaryl/α,β-unsaturated/α-hetero) is 1. The van der Waals surface area contributed by atoms with E-state index >= 15 is 0 Å². The van der Waals surface area contributed by atoms with Crippen molar-refractivity contribution >= 4 is 23.5 Å². The summed E-state index contributed by atoms with van der Waals surface area (Å²) in [7, 11) is 1.58. The molecule has 0 bridgehead atoms. The Hall–Kier alpha value is -2.88. The third kappa shape index (κ3) is 4.56. The van der Waals surface area contributed by atoms with Gasteiger partial charge in [-0.15, -0.1) is 0 Å². The van der Waals surface area contributed by atoms with E-state index in [1.165, 1.54) is 0 Å². The molecule has 24 heavy (non-hydrogen) atoms. The van der Waals surface area contributed by atoms with E-state index in [1.807, 2.05) is 30.3 Å². The van der Waals surface area contributed by atoms with E-state index in [9.17, 15) is 9.59 Å². The van der Waals surface area contributed by atoms with Gasteiger partial charge in [-0.3, -0.25) is 9.59 Å². The number of amides is 1. The van der Waals surface area contributed by atoms with E-state index in [2.05, 4.69) is 5.32 Å². The summed E-state index contributed by atoms with van der Waals surface area (Å²) in [6.45, 7) is 3.56. The lowest BCUT2D eigenvalue weighted by Crippen LogP contribution is -2.23. The zero-order chi connectivity index (χ0) is 17.5. The number of carbonyl (C=O) groups excluding carboxylic acids is 2. The number of ketones is 1.